The van der Waals surface area contributed by atoms with Crippen molar-refractivity contribution in [2.75, 3.05) is 5.32 Å². The Labute approximate surface area is 110 Å². The molecule has 0 atom stereocenters. The lowest BCUT2D eigenvalue weighted by Crippen LogP contribution is -2.07. The minimum absolute atomic E-state index is 0.185. The van der Waals surface area contributed by atoms with Crippen LogP contribution < -0.4 is 10.1 Å². The van der Waals surface area contributed by atoms with Gasteiger partial charge in [-0.1, -0.05) is 18.2 Å². The van der Waals surface area contributed by atoms with Crippen LogP contribution in [0.15, 0.2) is 42.6 Å². The number of nitrogens with zero attached hydrogens (tertiary/aromatic N) is 1. The van der Waals surface area contributed by atoms with Gasteiger partial charge in [0.2, 0.25) is 0 Å². The molecule has 0 fully saturated rings. The monoisotopic (exact) mass is 264 g/mol. The van der Waals surface area contributed by atoms with Gasteiger partial charge in [-0.3, -0.25) is 4.98 Å². The number of benzene rings is 1. The Balaban J connectivity index is 2.04. The highest BCUT2D eigenvalue weighted by molar-refractivity contribution is 5.43. The van der Waals surface area contributed by atoms with Gasteiger partial charge in [0.25, 0.3) is 0 Å². The second-order valence-electron chi connectivity index (χ2n) is 4.03. The van der Waals surface area contributed by atoms with Crippen molar-refractivity contribution in [2.45, 2.75) is 20.1 Å². The number of aryl methyl sites for hydroxylation is 1. The predicted molar refractivity (Wildman–Crippen MR) is 69.4 cm³/mol. The maximum atomic E-state index is 12.3. The number of halogens is 2. The van der Waals surface area contributed by atoms with E-state index in [1.165, 1.54) is 6.07 Å². The largest absolute Gasteiger partial charge is 0.434 e. The Morgan fingerprint density at radius 2 is 2.00 bits per heavy atom. The number of alkyl halides is 2. The van der Waals surface area contributed by atoms with Gasteiger partial charge < -0.3 is 10.1 Å². The van der Waals surface area contributed by atoms with Gasteiger partial charge in [0.1, 0.15) is 5.75 Å². The summed E-state index contributed by atoms with van der Waals surface area (Å²) in [4.78, 5) is 4.15. The molecule has 0 radical (unpaired) electrons. The van der Waals surface area contributed by atoms with Gasteiger partial charge in [0.05, 0.1) is 11.9 Å². The van der Waals surface area contributed by atoms with Gasteiger partial charge >= 0.3 is 6.61 Å². The zero-order chi connectivity index (χ0) is 13.7. The first-order valence-electron chi connectivity index (χ1n) is 5.84. The zero-order valence-corrected chi connectivity index (χ0v) is 10.4. The molecule has 2 rings (SSSR count). The lowest BCUT2D eigenvalue weighted by Gasteiger charge is -2.11. The van der Waals surface area contributed by atoms with Crippen LogP contribution in [0.4, 0.5) is 14.5 Å². The van der Waals surface area contributed by atoms with Gasteiger partial charge in [0.15, 0.2) is 0 Å². The third kappa shape index (κ3) is 3.91. The molecule has 0 saturated heterocycles. The first kappa shape index (κ1) is 13.3. The third-order valence-corrected chi connectivity index (χ3v) is 2.58. The third-order valence-electron chi connectivity index (χ3n) is 2.58. The molecule has 1 heterocycles. The fraction of sp³-hybridized carbons (Fsp3) is 0.214. The summed E-state index contributed by atoms with van der Waals surface area (Å²) in [6, 6.07) is 10.5. The van der Waals surface area contributed by atoms with E-state index in [2.05, 4.69) is 15.0 Å². The van der Waals surface area contributed by atoms with Crippen molar-refractivity contribution in [1.29, 1.82) is 0 Å². The molecule has 100 valence electrons. The van der Waals surface area contributed by atoms with Crippen LogP contribution in [0.5, 0.6) is 5.75 Å². The number of pyridine rings is 1. The fourth-order valence-corrected chi connectivity index (χ4v) is 1.63. The van der Waals surface area contributed by atoms with Crippen LogP contribution in [0, 0.1) is 6.92 Å². The van der Waals surface area contributed by atoms with Crippen LogP contribution in [0.3, 0.4) is 0 Å². The molecule has 0 amide bonds. The quantitative estimate of drug-likeness (QED) is 0.895. The van der Waals surface area contributed by atoms with E-state index >= 15 is 0 Å². The molecule has 0 spiro atoms. The number of hydrogen-bond donors (Lipinski definition) is 1. The molecule has 19 heavy (non-hydrogen) atoms. The maximum absolute atomic E-state index is 12.3. The second-order valence-corrected chi connectivity index (χ2v) is 4.03. The lowest BCUT2D eigenvalue weighted by molar-refractivity contribution is -0.0504. The number of aromatic nitrogens is 1. The summed E-state index contributed by atoms with van der Waals surface area (Å²) in [6.07, 6.45) is 1.70. The molecule has 1 aromatic carbocycles. The minimum atomic E-state index is -2.82. The van der Waals surface area contributed by atoms with Crippen molar-refractivity contribution in [3.8, 4) is 5.75 Å². The number of hydrogen-bond acceptors (Lipinski definition) is 3. The standard InChI is InChI=1S/C14H14F2N2O/c1-10-6-7-12(9-17-10)18-8-11-4-2-3-5-13(11)19-14(15)16/h2-7,9,14,18H,8H2,1H3. The van der Waals surface area contributed by atoms with Gasteiger partial charge in [-0.2, -0.15) is 8.78 Å². The van der Waals surface area contributed by atoms with Crippen molar-refractivity contribution in [1.82, 2.24) is 4.98 Å². The Morgan fingerprint density at radius 3 is 2.68 bits per heavy atom. The van der Waals surface area contributed by atoms with E-state index in [1.54, 1.807) is 24.4 Å². The van der Waals surface area contributed by atoms with E-state index in [0.717, 1.165) is 11.4 Å². The number of ether oxygens (including phenoxy) is 1. The first-order chi connectivity index (χ1) is 9.15. The smallest absolute Gasteiger partial charge is 0.387 e. The highest BCUT2D eigenvalue weighted by atomic mass is 19.3. The van der Waals surface area contributed by atoms with Crippen molar-refractivity contribution < 1.29 is 13.5 Å². The topological polar surface area (TPSA) is 34.1 Å². The van der Waals surface area contributed by atoms with Crippen molar-refractivity contribution in [2.24, 2.45) is 0 Å². The summed E-state index contributed by atoms with van der Waals surface area (Å²) >= 11 is 0. The van der Waals surface area contributed by atoms with Crippen molar-refractivity contribution >= 4 is 5.69 Å². The summed E-state index contributed by atoms with van der Waals surface area (Å²) in [7, 11) is 0. The Kier molecular flexibility index (Phi) is 4.28. The second kappa shape index (κ2) is 6.13. The normalized spacial score (nSPS) is 10.5. The average Bonchev–Trinajstić information content (AvgIpc) is 2.39. The van der Waals surface area contributed by atoms with Gasteiger partial charge in [-0.15, -0.1) is 0 Å². The van der Waals surface area contributed by atoms with Gasteiger partial charge in [0, 0.05) is 17.8 Å². The van der Waals surface area contributed by atoms with E-state index < -0.39 is 6.61 Å². The number of nitrogens with one attached hydrogen (secondary N) is 1. The number of para-hydroxylation sites is 1. The Hall–Kier alpha value is -2.17. The molecule has 1 N–H and O–H groups in total. The van der Waals surface area contributed by atoms with E-state index in [-0.39, 0.29) is 5.75 Å². The molecule has 0 bridgehead atoms. The van der Waals surface area contributed by atoms with Crippen LogP contribution in [-0.4, -0.2) is 11.6 Å². The number of anilines is 1. The summed E-state index contributed by atoms with van der Waals surface area (Å²) < 4.78 is 29.0. The van der Waals surface area contributed by atoms with E-state index in [1.807, 2.05) is 19.1 Å². The summed E-state index contributed by atoms with van der Waals surface area (Å²) in [5.74, 6) is 0.185. The first-order valence-corrected chi connectivity index (χ1v) is 5.84. The minimum Gasteiger partial charge on any atom is -0.434 e. The zero-order valence-electron chi connectivity index (χ0n) is 10.4. The van der Waals surface area contributed by atoms with E-state index in [4.69, 9.17) is 0 Å². The molecule has 2 aromatic rings. The van der Waals surface area contributed by atoms with E-state index in [9.17, 15) is 8.78 Å². The highest BCUT2D eigenvalue weighted by Gasteiger charge is 2.08. The molecule has 1 aromatic heterocycles. The molecule has 0 aliphatic carbocycles. The molecule has 0 unspecified atom stereocenters. The Bertz CT molecular complexity index is 529. The Morgan fingerprint density at radius 1 is 1.21 bits per heavy atom. The van der Waals surface area contributed by atoms with Crippen LogP contribution in [-0.2, 0) is 6.54 Å². The molecule has 0 saturated carbocycles. The number of rotatable bonds is 5. The van der Waals surface area contributed by atoms with Crippen molar-refractivity contribution in [3.63, 3.8) is 0 Å². The lowest BCUT2D eigenvalue weighted by atomic mass is 10.2. The summed E-state index contributed by atoms with van der Waals surface area (Å²) in [5.41, 5.74) is 2.42. The SMILES string of the molecule is Cc1ccc(NCc2ccccc2OC(F)F)cn1. The van der Waals surface area contributed by atoms with Crippen molar-refractivity contribution in [3.05, 3.63) is 53.9 Å². The van der Waals surface area contributed by atoms with Crippen LogP contribution in [0.1, 0.15) is 11.3 Å². The van der Waals surface area contributed by atoms with E-state index in [0.29, 0.717) is 12.1 Å². The van der Waals surface area contributed by atoms with Crippen LogP contribution in [0.2, 0.25) is 0 Å². The van der Waals surface area contributed by atoms with Gasteiger partial charge in [-0.25, -0.2) is 0 Å². The molecular formula is C14H14F2N2O. The molecule has 3 nitrogen and oxygen atoms in total. The predicted octanol–water partition coefficient (Wildman–Crippen LogP) is 3.60. The van der Waals surface area contributed by atoms with Crippen LogP contribution in [0.25, 0.3) is 0 Å². The molecule has 5 heteroatoms. The fourth-order valence-electron chi connectivity index (χ4n) is 1.63. The highest BCUT2D eigenvalue weighted by Crippen LogP contribution is 2.21. The molecule has 0 aliphatic rings. The summed E-state index contributed by atoms with van der Waals surface area (Å²) in [6.45, 7) is -0.523. The molecular weight excluding hydrogens is 250 g/mol. The molecule has 0 aliphatic heterocycles. The maximum Gasteiger partial charge on any atom is 0.387 e. The van der Waals surface area contributed by atoms with Gasteiger partial charge in [-0.05, 0) is 25.1 Å². The summed E-state index contributed by atoms with van der Waals surface area (Å²) in [5, 5.41) is 3.11. The average molecular weight is 264 g/mol. The van der Waals surface area contributed by atoms with Crippen LogP contribution >= 0.6 is 0 Å².